The number of amides is 1. The van der Waals surface area contributed by atoms with Crippen LogP contribution in [0.15, 0.2) is 0 Å². The van der Waals surface area contributed by atoms with Crippen molar-refractivity contribution >= 4 is 26.0 Å². The van der Waals surface area contributed by atoms with Crippen LogP contribution in [0.5, 0.6) is 0 Å². The zero-order valence-electron chi connectivity index (χ0n) is 19.3. The van der Waals surface area contributed by atoms with Gasteiger partial charge in [0, 0.05) is 5.41 Å². The second-order valence-corrected chi connectivity index (χ2v) is 16.1. The number of ether oxygens (including phenoxy) is 1. The molecule has 4 atom stereocenters. The summed E-state index contributed by atoms with van der Waals surface area (Å²) in [5.41, 5.74) is -1.53. The summed E-state index contributed by atoms with van der Waals surface area (Å²) in [6, 6.07) is -1.49. The van der Waals surface area contributed by atoms with Gasteiger partial charge in [0.1, 0.15) is 5.60 Å². The Morgan fingerprint density at radius 3 is 2.04 bits per heavy atom. The van der Waals surface area contributed by atoms with E-state index in [1.54, 1.807) is 20.8 Å². The molecular formula is C21H37NO5Si. The Morgan fingerprint density at radius 1 is 1.11 bits per heavy atom. The van der Waals surface area contributed by atoms with Crippen molar-refractivity contribution in [1.82, 2.24) is 4.90 Å². The van der Waals surface area contributed by atoms with E-state index in [9.17, 15) is 14.4 Å². The third-order valence-corrected chi connectivity index (χ3v) is 11.1. The predicted molar refractivity (Wildman–Crippen MR) is 110 cm³/mol. The van der Waals surface area contributed by atoms with E-state index in [-0.39, 0.29) is 28.9 Å². The van der Waals surface area contributed by atoms with Gasteiger partial charge in [-0.05, 0) is 45.8 Å². The monoisotopic (exact) mass is 411 g/mol. The van der Waals surface area contributed by atoms with Gasteiger partial charge in [-0.2, -0.15) is 0 Å². The molecule has 2 heterocycles. The fourth-order valence-corrected chi connectivity index (χ4v) is 5.42. The van der Waals surface area contributed by atoms with E-state index in [2.05, 4.69) is 33.9 Å². The van der Waals surface area contributed by atoms with Crippen molar-refractivity contribution in [3.63, 3.8) is 0 Å². The SMILES string of the molecule is CC(O[Si](C)(C)C(C)(C)C)[C@H]1C(=O)N2C(C(=O)OC(C)(C)C)C(=O)C(C)(C)[C@H]12. The summed E-state index contributed by atoms with van der Waals surface area (Å²) in [7, 11) is -2.07. The van der Waals surface area contributed by atoms with E-state index in [4.69, 9.17) is 9.16 Å². The van der Waals surface area contributed by atoms with Crippen molar-refractivity contribution in [2.75, 3.05) is 0 Å². The number of rotatable bonds is 4. The molecule has 2 fully saturated rings. The Morgan fingerprint density at radius 2 is 1.61 bits per heavy atom. The van der Waals surface area contributed by atoms with E-state index < -0.39 is 37.3 Å². The fourth-order valence-electron chi connectivity index (χ4n) is 3.99. The first kappa shape index (κ1) is 23.1. The smallest absolute Gasteiger partial charge is 0.337 e. The van der Waals surface area contributed by atoms with Crippen molar-refractivity contribution < 1.29 is 23.5 Å². The number of hydrogen-bond donors (Lipinski definition) is 0. The van der Waals surface area contributed by atoms with E-state index in [1.165, 1.54) is 4.90 Å². The molecule has 0 spiro atoms. The maximum atomic E-state index is 13.0. The number of ketones is 1. The van der Waals surface area contributed by atoms with Crippen LogP contribution in [0, 0.1) is 11.3 Å². The highest BCUT2D eigenvalue weighted by atomic mass is 28.4. The van der Waals surface area contributed by atoms with Gasteiger partial charge in [0.2, 0.25) is 5.91 Å². The van der Waals surface area contributed by atoms with E-state index in [0.717, 1.165) is 0 Å². The van der Waals surface area contributed by atoms with E-state index in [0.29, 0.717) is 0 Å². The summed E-state index contributed by atoms with van der Waals surface area (Å²) in [5.74, 6) is -1.49. The predicted octanol–water partition coefficient (Wildman–Crippen LogP) is 3.54. The summed E-state index contributed by atoms with van der Waals surface area (Å²) >= 11 is 0. The van der Waals surface area contributed by atoms with E-state index >= 15 is 0 Å². The van der Waals surface area contributed by atoms with Crippen molar-refractivity contribution in [2.24, 2.45) is 11.3 Å². The maximum Gasteiger partial charge on any atom is 0.337 e. The van der Waals surface area contributed by atoms with Crippen molar-refractivity contribution in [3.05, 3.63) is 0 Å². The van der Waals surface area contributed by atoms with Gasteiger partial charge in [0.05, 0.1) is 18.1 Å². The number of carbonyl (C=O) groups excluding carboxylic acids is 3. The number of β-lactam (4-membered cyclic amide) rings is 1. The lowest BCUT2D eigenvalue weighted by Crippen LogP contribution is -2.68. The number of hydrogen-bond acceptors (Lipinski definition) is 5. The van der Waals surface area contributed by atoms with Gasteiger partial charge in [-0.3, -0.25) is 9.59 Å². The molecule has 1 amide bonds. The largest absolute Gasteiger partial charge is 0.458 e. The number of fused-ring (bicyclic) bond motifs is 1. The summed E-state index contributed by atoms with van der Waals surface area (Å²) in [6.07, 6.45) is -0.306. The first-order valence-corrected chi connectivity index (χ1v) is 13.0. The van der Waals surface area contributed by atoms with Crippen LogP contribution in [0.4, 0.5) is 0 Å². The average molecular weight is 412 g/mol. The summed E-state index contributed by atoms with van der Waals surface area (Å²) in [5, 5.41) is 0.0216. The number of esters is 1. The molecule has 2 unspecified atom stereocenters. The number of carbonyl (C=O) groups is 3. The molecule has 2 aliphatic heterocycles. The normalized spacial score (nSPS) is 28.7. The zero-order valence-corrected chi connectivity index (χ0v) is 20.3. The zero-order chi connectivity index (χ0) is 22.0. The third kappa shape index (κ3) is 3.67. The Hall–Kier alpha value is -1.21. The molecule has 0 N–H and O–H groups in total. The van der Waals surface area contributed by atoms with Gasteiger partial charge >= 0.3 is 5.97 Å². The molecule has 0 saturated carbocycles. The molecule has 0 bridgehead atoms. The fraction of sp³-hybridized carbons (Fsp3) is 0.857. The van der Waals surface area contributed by atoms with Crippen LogP contribution in [0.25, 0.3) is 0 Å². The lowest BCUT2D eigenvalue weighted by atomic mass is 9.71. The van der Waals surface area contributed by atoms with E-state index in [1.807, 2.05) is 20.8 Å². The van der Waals surface area contributed by atoms with Crippen molar-refractivity contribution in [2.45, 2.75) is 104 Å². The molecule has 0 aromatic carbocycles. The minimum absolute atomic E-state index is 0.0216. The highest BCUT2D eigenvalue weighted by Crippen LogP contribution is 2.51. The first-order chi connectivity index (χ1) is 12.3. The van der Waals surface area contributed by atoms with Crippen molar-refractivity contribution in [1.29, 1.82) is 0 Å². The lowest BCUT2D eigenvalue weighted by Gasteiger charge is -2.51. The molecule has 6 nitrogen and oxygen atoms in total. The van der Waals surface area contributed by atoms with Gasteiger partial charge in [-0.15, -0.1) is 0 Å². The van der Waals surface area contributed by atoms with Gasteiger partial charge in [-0.1, -0.05) is 34.6 Å². The average Bonchev–Trinajstić information content (AvgIpc) is 2.61. The Kier molecular flexibility index (Phi) is 5.48. The van der Waals surface area contributed by atoms with Gasteiger partial charge in [0.15, 0.2) is 20.1 Å². The second kappa shape index (κ2) is 6.66. The van der Waals surface area contributed by atoms with Crippen LogP contribution in [-0.2, 0) is 23.5 Å². The minimum Gasteiger partial charge on any atom is -0.458 e. The number of nitrogens with zero attached hydrogens (tertiary/aromatic N) is 1. The standard InChI is InChI=1S/C21H37NO5Si/c1-12(27-28(10,11)20(5,6)7)13-15-21(8,9)16(23)14(22(15)17(13)24)18(25)26-19(2,3)4/h12-15H,1-11H3/t12?,13-,14?,15+/m1/s1. The highest BCUT2D eigenvalue weighted by molar-refractivity contribution is 6.74. The van der Waals surface area contributed by atoms with Crippen LogP contribution in [0.2, 0.25) is 18.1 Å². The molecule has 28 heavy (non-hydrogen) atoms. The molecule has 2 rings (SSSR count). The Labute approximate surface area is 170 Å². The molecule has 0 radical (unpaired) electrons. The summed E-state index contributed by atoms with van der Waals surface area (Å²) in [4.78, 5) is 40.2. The van der Waals surface area contributed by atoms with Crippen LogP contribution in [-0.4, -0.2) is 54.7 Å². The molecule has 0 aliphatic carbocycles. The number of Topliss-reactive ketones (excluding diaryl/α,β-unsaturated/α-hetero) is 1. The van der Waals surface area contributed by atoms with Crippen LogP contribution in [0.1, 0.15) is 62.3 Å². The molecule has 0 aromatic rings. The minimum atomic E-state index is -2.07. The molecule has 7 heteroatoms. The van der Waals surface area contributed by atoms with Crippen LogP contribution < -0.4 is 0 Å². The summed E-state index contributed by atoms with van der Waals surface area (Å²) < 4.78 is 11.9. The topological polar surface area (TPSA) is 72.9 Å². The third-order valence-electron chi connectivity index (χ3n) is 6.50. The molecule has 2 saturated heterocycles. The second-order valence-electron chi connectivity index (χ2n) is 11.3. The maximum absolute atomic E-state index is 13.0. The quantitative estimate of drug-likeness (QED) is 0.306. The first-order valence-electron chi connectivity index (χ1n) is 10.1. The Bertz CT molecular complexity index is 686. The van der Waals surface area contributed by atoms with Crippen molar-refractivity contribution in [3.8, 4) is 0 Å². The van der Waals surface area contributed by atoms with Crippen LogP contribution in [0.3, 0.4) is 0 Å². The molecule has 2 aliphatic rings. The Balaban J connectivity index is 2.28. The van der Waals surface area contributed by atoms with Gasteiger partial charge in [0.25, 0.3) is 0 Å². The molecule has 0 aromatic heterocycles. The lowest BCUT2D eigenvalue weighted by molar-refractivity contribution is -0.178. The molecule has 160 valence electrons. The summed E-state index contributed by atoms with van der Waals surface area (Å²) in [6.45, 7) is 21.6. The molecular weight excluding hydrogens is 374 g/mol. The highest BCUT2D eigenvalue weighted by Gasteiger charge is 2.70. The van der Waals surface area contributed by atoms with Gasteiger partial charge < -0.3 is 14.1 Å². The van der Waals surface area contributed by atoms with Gasteiger partial charge in [-0.25, -0.2) is 4.79 Å². The van der Waals surface area contributed by atoms with Crippen LogP contribution >= 0.6 is 0 Å².